The van der Waals surface area contributed by atoms with Crippen molar-refractivity contribution in [2.24, 2.45) is 0 Å². The van der Waals surface area contributed by atoms with E-state index in [2.05, 4.69) is 41.5 Å². The van der Waals surface area contributed by atoms with Gasteiger partial charge in [0.25, 0.3) is 0 Å². The number of nitrogens with one attached hydrogen (secondary N) is 1. The maximum Gasteiger partial charge on any atom is 0.0936 e. The number of thiazole rings is 1. The summed E-state index contributed by atoms with van der Waals surface area (Å²) in [6.45, 7) is 2.14. The first-order valence-corrected chi connectivity index (χ1v) is 6.89. The lowest BCUT2D eigenvalue weighted by molar-refractivity contribution is 1.11. The van der Waals surface area contributed by atoms with E-state index in [4.69, 9.17) is 0 Å². The van der Waals surface area contributed by atoms with E-state index in [-0.39, 0.29) is 0 Å². The normalized spacial score (nSPS) is 14.4. The average Bonchev–Trinajstić information content (AvgIpc) is 2.64. The van der Waals surface area contributed by atoms with Crippen LogP contribution in [0.3, 0.4) is 0 Å². The molecular formula is C15H14N2S. The summed E-state index contributed by atoms with van der Waals surface area (Å²) < 4.78 is 1.26. The van der Waals surface area contributed by atoms with E-state index in [0.29, 0.717) is 0 Å². The molecule has 0 radical (unpaired) electrons. The molecule has 90 valence electrons. The number of allylic oxidation sites excluding steroid dienone is 4. The highest BCUT2D eigenvalue weighted by Crippen LogP contribution is 2.29. The Morgan fingerprint density at radius 1 is 1.22 bits per heavy atom. The molecule has 1 N–H and O–H groups in total. The monoisotopic (exact) mass is 254 g/mol. The van der Waals surface area contributed by atoms with Crippen LogP contribution in [0.25, 0.3) is 15.9 Å². The van der Waals surface area contributed by atoms with Crippen LogP contribution in [0.5, 0.6) is 0 Å². The molecule has 18 heavy (non-hydrogen) atoms. The molecule has 0 bridgehead atoms. The first kappa shape index (κ1) is 11.2. The molecule has 0 saturated heterocycles. The summed E-state index contributed by atoms with van der Waals surface area (Å²) in [5.74, 6) is 0. The molecule has 1 aliphatic heterocycles. The smallest absolute Gasteiger partial charge is 0.0936 e. The van der Waals surface area contributed by atoms with Crippen LogP contribution in [-0.2, 0) is 6.42 Å². The third-order valence-electron chi connectivity index (χ3n) is 2.87. The van der Waals surface area contributed by atoms with Gasteiger partial charge in [-0.1, -0.05) is 31.2 Å². The third-order valence-corrected chi connectivity index (χ3v) is 4.12. The van der Waals surface area contributed by atoms with Crippen molar-refractivity contribution in [3.63, 3.8) is 0 Å². The first-order valence-electron chi connectivity index (χ1n) is 6.07. The van der Waals surface area contributed by atoms with Crippen molar-refractivity contribution in [2.75, 3.05) is 0 Å². The summed E-state index contributed by atoms with van der Waals surface area (Å²) >= 11 is 1.78. The van der Waals surface area contributed by atoms with Gasteiger partial charge in [0.1, 0.15) is 0 Å². The van der Waals surface area contributed by atoms with E-state index < -0.39 is 0 Å². The second-order valence-corrected chi connectivity index (χ2v) is 5.17. The van der Waals surface area contributed by atoms with Crippen molar-refractivity contribution in [1.82, 2.24) is 10.3 Å². The standard InChI is InChI=1S/C15H14N2S/c1-2-14-17-13-9-6-7-11(15(13)18-14)12-8-4-3-5-10-16-12/h3-10,16H,2H2,1H3. The summed E-state index contributed by atoms with van der Waals surface area (Å²) in [7, 11) is 0. The largest absolute Gasteiger partial charge is 0.361 e. The summed E-state index contributed by atoms with van der Waals surface area (Å²) in [5.41, 5.74) is 3.44. The van der Waals surface area contributed by atoms with E-state index in [0.717, 1.165) is 17.6 Å². The number of hydrogen-bond donors (Lipinski definition) is 1. The minimum Gasteiger partial charge on any atom is -0.361 e. The van der Waals surface area contributed by atoms with Gasteiger partial charge in [-0.25, -0.2) is 4.98 Å². The van der Waals surface area contributed by atoms with Crippen LogP contribution in [0.2, 0.25) is 0 Å². The molecule has 2 nitrogen and oxygen atoms in total. The maximum absolute atomic E-state index is 4.64. The number of fused-ring (bicyclic) bond motifs is 1. The zero-order chi connectivity index (χ0) is 12.4. The first-order chi connectivity index (χ1) is 8.88. The Labute approximate surface area is 110 Å². The Balaban J connectivity index is 2.16. The fourth-order valence-electron chi connectivity index (χ4n) is 1.98. The molecule has 0 saturated carbocycles. The van der Waals surface area contributed by atoms with Gasteiger partial charge in [-0.2, -0.15) is 0 Å². The molecule has 0 unspecified atom stereocenters. The van der Waals surface area contributed by atoms with Gasteiger partial charge in [0.2, 0.25) is 0 Å². The van der Waals surface area contributed by atoms with E-state index in [1.807, 2.05) is 24.4 Å². The predicted octanol–water partition coefficient (Wildman–Crippen LogP) is 3.87. The van der Waals surface area contributed by atoms with Crippen LogP contribution >= 0.6 is 11.3 Å². The topological polar surface area (TPSA) is 24.9 Å². The molecular weight excluding hydrogens is 240 g/mol. The number of aromatic nitrogens is 1. The molecule has 0 amide bonds. The number of aryl methyl sites for hydroxylation is 1. The van der Waals surface area contributed by atoms with Crippen molar-refractivity contribution in [1.29, 1.82) is 0 Å². The molecule has 2 heterocycles. The minimum atomic E-state index is 0.991. The molecule has 1 aliphatic rings. The second-order valence-electron chi connectivity index (χ2n) is 4.08. The molecule has 3 heteroatoms. The Hall–Kier alpha value is -1.87. The molecule has 0 aliphatic carbocycles. The Bertz CT molecular complexity index is 662. The zero-order valence-corrected chi connectivity index (χ0v) is 11.0. The molecule has 0 spiro atoms. The van der Waals surface area contributed by atoms with Crippen LogP contribution in [0.4, 0.5) is 0 Å². The van der Waals surface area contributed by atoms with Gasteiger partial charge in [-0.3, -0.25) is 0 Å². The van der Waals surface area contributed by atoms with Crippen LogP contribution in [0.15, 0.2) is 48.7 Å². The van der Waals surface area contributed by atoms with Gasteiger partial charge in [0.05, 0.1) is 15.2 Å². The lowest BCUT2D eigenvalue weighted by Gasteiger charge is -2.06. The van der Waals surface area contributed by atoms with Crippen LogP contribution < -0.4 is 5.32 Å². The highest BCUT2D eigenvalue weighted by Gasteiger charge is 2.09. The van der Waals surface area contributed by atoms with Gasteiger partial charge in [0, 0.05) is 17.5 Å². The minimum absolute atomic E-state index is 0.991. The Kier molecular flexibility index (Phi) is 2.99. The number of benzene rings is 1. The van der Waals surface area contributed by atoms with Gasteiger partial charge in [0.15, 0.2) is 0 Å². The van der Waals surface area contributed by atoms with Crippen molar-refractivity contribution >= 4 is 27.3 Å². The van der Waals surface area contributed by atoms with Crippen LogP contribution in [0.1, 0.15) is 17.5 Å². The molecule has 1 aromatic carbocycles. The van der Waals surface area contributed by atoms with Crippen LogP contribution in [-0.4, -0.2) is 4.98 Å². The van der Waals surface area contributed by atoms with E-state index >= 15 is 0 Å². The Morgan fingerprint density at radius 3 is 3.06 bits per heavy atom. The molecule has 1 aromatic heterocycles. The lowest BCUT2D eigenvalue weighted by Crippen LogP contribution is -2.02. The molecule has 0 atom stereocenters. The average molecular weight is 254 g/mol. The third kappa shape index (κ3) is 1.97. The quantitative estimate of drug-likeness (QED) is 0.880. The molecule has 3 rings (SSSR count). The highest BCUT2D eigenvalue weighted by atomic mass is 32.1. The number of rotatable bonds is 2. The summed E-state index contributed by atoms with van der Waals surface area (Å²) in [6, 6.07) is 6.29. The Morgan fingerprint density at radius 2 is 2.17 bits per heavy atom. The summed E-state index contributed by atoms with van der Waals surface area (Å²) in [4.78, 5) is 4.64. The van der Waals surface area contributed by atoms with Gasteiger partial charge >= 0.3 is 0 Å². The summed E-state index contributed by atoms with van der Waals surface area (Å²) in [5, 5.41) is 4.51. The van der Waals surface area contributed by atoms with E-state index in [9.17, 15) is 0 Å². The van der Waals surface area contributed by atoms with Gasteiger partial charge < -0.3 is 5.32 Å². The fraction of sp³-hybridized carbons (Fsp3) is 0.133. The molecule has 0 fully saturated rings. The fourth-order valence-corrected chi connectivity index (χ4v) is 3.01. The van der Waals surface area contributed by atoms with Gasteiger partial charge in [-0.05, 0) is 24.6 Å². The SMILES string of the molecule is CCc1nc2cccc(C3=CC=CC=CN3)c2s1. The van der Waals surface area contributed by atoms with E-state index in [1.165, 1.54) is 15.3 Å². The van der Waals surface area contributed by atoms with Crippen molar-refractivity contribution in [3.8, 4) is 0 Å². The van der Waals surface area contributed by atoms with Crippen molar-refractivity contribution < 1.29 is 0 Å². The number of hydrogen-bond acceptors (Lipinski definition) is 3. The molecule has 2 aromatic rings. The zero-order valence-electron chi connectivity index (χ0n) is 10.2. The van der Waals surface area contributed by atoms with Crippen LogP contribution in [0, 0.1) is 0 Å². The highest BCUT2D eigenvalue weighted by molar-refractivity contribution is 7.18. The second kappa shape index (κ2) is 4.78. The van der Waals surface area contributed by atoms with Crippen molar-refractivity contribution in [3.05, 3.63) is 59.3 Å². The van der Waals surface area contributed by atoms with Crippen molar-refractivity contribution in [2.45, 2.75) is 13.3 Å². The summed E-state index contributed by atoms with van der Waals surface area (Å²) in [6.07, 6.45) is 11.1. The predicted molar refractivity (Wildman–Crippen MR) is 78.4 cm³/mol. The maximum atomic E-state index is 4.64. The lowest BCUT2D eigenvalue weighted by atomic mass is 10.1. The van der Waals surface area contributed by atoms with E-state index in [1.54, 1.807) is 11.3 Å². The van der Waals surface area contributed by atoms with Gasteiger partial charge in [-0.15, -0.1) is 11.3 Å². The number of nitrogens with zero attached hydrogens (tertiary/aromatic N) is 1.